The maximum absolute atomic E-state index is 4.36. The Morgan fingerprint density at radius 3 is 1.62 bits per heavy atom. The minimum atomic E-state index is 0.143. The van der Waals surface area contributed by atoms with Crippen LogP contribution < -0.4 is 0 Å². The summed E-state index contributed by atoms with van der Waals surface area (Å²) in [5.41, 5.74) is 6.38. The molecular weight excluding hydrogens is 512 g/mol. The van der Waals surface area contributed by atoms with Crippen LogP contribution in [0.3, 0.4) is 0 Å². The molecule has 6 aromatic rings. The predicted molar refractivity (Wildman–Crippen MR) is 179 cm³/mol. The van der Waals surface area contributed by atoms with Gasteiger partial charge in [-0.1, -0.05) is 105 Å². The molecule has 0 N–H and O–H groups in total. The first-order valence-electron chi connectivity index (χ1n) is 14.6. The molecule has 2 aromatic carbocycles. The lowest BCUT2D eigenvalue weighted by Crippen LogP contribution is -2.12. The van der Waals surface area contributed by atoms with Gasteiger partial charge < -0.3 is 0 Å². The van der Waals surface area contributed by atoms with Gasteiger partial charge in [-0.15, -0.1) is 0 Å². The lowest BCUT2D eigenvalue weighted by molar-refractivity contribution is 0.593. The Bertz CT molecular complexity index is 1560. The van der Waals surface area contributed by atoms with Gasteiger partial charge in [-0.3, -0.25) is 9.97 Å². The Kier molecular flexibility index (Phi) is 9.06. The zero-order chi connectivity index (χ0) is 30.5. The van der Waals surface area contributed by atoms with Gasteiger partial charge in [0.05, 0.1) is 5.52 Å². The molecule has 0 fully saturated rings. The fourth-order valence-corrected chi connectivity index (χ4v) is 5.10. The number of nitrogens with zero attached hydrogens (tertiary/aromatic N) is 4. The highest BCUT2D eigenvalue weighted by Crippen LogP contribution is 2.30. The SMILES string of the molecule is CC(C)(C)c1ccnc2ccccc12.CC(C)(C)c1ccnc2ncccc12.CC(C)(C)c1cncc2ccccc12. The number of para-hydroxylation sites is 1. The molecule has 6 rings (SSSR count). The van der Waals surface area contributed by atoms with Crippen LogP contribution in [0.15, 0.2) is 104 Å². The van der Waals surface area contributed by atoms with Crippen molar-refractivity contribution in [3.05, 3.63) is 120 Å². The van der Waals surface area contributed by atoms with Gasteiger partial charge in [0.15, 0.2) is 5.65 Å². The van der Waals surface area contributed by atoms with E-state index in [9.17, 15) is 0 Å². The molecule has 0 saturated heterocycles. The first-order valence-corrected chi connectivity index (χ1v) is 14.6. The molecule has 42 heavy (non-hydrogen) atoms. The van der Waals surface area contributed by atoms with Gasteiger partial charge in [-0.2, -0.15) is 0 Å². The molecule has 4 aromatic heterocycles. The summed E-state index contributed by atoms with van der Waals surface area (Å²) in [6.45, 7) is 20.0. The molecule has 216 valence electrons. The Morgan fingerprint density at radius 2 is 0.952 bits per heavy atom. The summed E-state index contributed by atoms with van der Waals surface area (Å²) in [6.07, 6.45) is 9.40. The summed E-state index contributed by atoms with van der Waals surface area (Å²) in [5, 5.41) is 4.96. The number of aromatic nitrogens is 4. The number of fused-ring (bicyclic) bond motifs is 3. The number of pyridine rings is 4. The zero-order valence-electron chi connectivity index (χ0n) is 26.6. The van der Waals surface area contributed by atoms with E-state index in [1.54, 1.807) is 6.20 Å². The van der Waals surface area contributed by atoms with E-state index in [1.807, 2.05) is 36.9 Å². The number of hydrogen-bond donors (Lipinski definition) is 0. The van der Waals surface area contributed by atoms with Crippen LogP contribution in [0.25, 0.3) is 32.7 Å². The molecule has 4 nitrogen and oxygen atoms in total. The van der Waals surface area contributed by atoms with Crippen LogP contribution in [0.2, 0.25) is 0 Å². The Balaban J connectivity index is 0.000000145. The van der Waals surface area contributed by atoms with Crippen molar-refractivity contribution in [1.82, 2.24) is 19.9 Å². The van der Waals surface area contributed by atoms with Crippen LogP contribution in [-0.2, 0) is 16.2 Å². The molecule has 0 unspecified atom stereocenters. The predicted octanol–water partition coefficient (Wildman–Crippen LogP) is 9.99. The Labute approximate surface area is 251 Å². The van der Waals surface area contributed by atoms with Gasteiger partial charge in [-0.05, 0) is 68.7 Å². The first kappa shape index (κ1) is 30.8. The summed E-state index contributed by atoms with van der Waals surface area (Å²) in [5.74, 6) is 0. The van der Waals surface area contributed by atoms with Crippen LogP contribution in [0, 0.1) is 0 Å². The second-order valence-electron chi connectivity index (χ2n) is 13.8. The highest BCUT2D eigenvalue weighted by Gasteiger charge is 2.18. The molecule has 4 heteroatoms. The summed E-state index contributed by atoms with van der Waals surface area (Å²) in [7, 11) is 0. The van der Waals surface area contributed by atoms with Crippen LogP contribution in [0.1, 0.15) is 79.0 Å². The van der Waals surface area contributed by atoms with Gasteiger partial charge in [0, 0.05) is 47.1 Å². The number of benzene rings is 2. The second kappa shape index (κ2) is 12.4. The summed E-state index contributed by atoms with van der Waals surface area (Å²) in [6, 6.07) is 24.9. The molecule has 0 saturated carbocycles. The third kappa shape index (κ3) is 7.36. The van der Waals surface area contributed by atoms with E-state index in [1.165, 1.54) is 32.8 Å². The molecule has 4 heterocycles. The van der Waals surface area contributed by atoms with Crippen molar-refractivity contribution < 1.29 is 0 Å². The summed E-state index contributed by atoms with van der Waals surface area (Å²) >= 11 is 0. The molecule has 0 amide bonds. The van der Waals surface area contributed by atoms with Crippen molar-refractivity contribution in [2.24, 2.45) is 0 Å². The topological polar surface area (TPSA) is 51.6 Å². The van der Waals surface area contributed by atoms with E-state index in [4.69, 9.17) is 0 Å². The average Bonchev–Trinajstić information content (AvgIpc) is 2.95. The number of hydrogen-bond acceptors (Lipinski definition) is 4. The smallest absolute Gasteiger partial charge is 0.159 e. The maximum Gasteiger partial charge on any atom is 0.159 e. The lowest BCUT2D eigenvalue weighted by Gasteiger charge is -2.20. The molecular formula is C38H44N4. The lowest BCUT2D eigenvalue weighted by atomic mass is 9.85. The van der Waals surface area contributed by atoms with Crippen LogP contribution >= 0.6 is 0 Å². The molecule has 0 aliphatic heterocycles. The molecule has 0 radical (unpaired) electrons. The maximum atomic E-state index is 4.36. The quantitative estimate of drug-likeness (QED) is 0.187. The van der Waals surface area contributed by atoms with Crippen LogP contribution in [-0.4, -0.2) is 19.9 Å². The van der Waals surface area contributed by atoms with Gasteiger partial charge in [-0.25, -0.2) is 9.97 Å². The minimum absolute atomic E-state index is 0.143. The van der Waals surface area contributed by atoms with E-state index in [0.717, 1.165) is 16.6 Å². The van der Waals surface area contributed by atoms with Gasteiger partial charge in [0.1, 0.15) is 0 Å². The van der Waals surface area contributed by atoms with E-state index >= 15 is 0 Å². The Hall–Kier alpha value is -4.18. The largest absolute Gasteiger partial charge is 0.264 e. The van der Waals surface area contributed by atoms with Gasteiger partial charge in [0.25, 0.3) is 0 Å². The fourth-order valence-electron chi connectivity index (χ4n) is 5.10. The molecule has 0 aliphatic rings. The minimum Gasteiger partial charge on any atom is -0.264 e. The third-order valence-electron chi connectivity index (χ3n) is 7.26. The molecule has 0 spiro atoms. The fraction of sp³-hybridized carbons (Fsp3) is 0.316. The Morgan fingerprint density at radius 1 is 0.429 bits per heavy atom. The molecule has 0 atom stereocenters. The zero-order valence-corrected chi connectivity index (χ0v) is 26.6. The van der Waals surface area contributed by atoms with E-state index < -0.39 is 0 Å². The average molecular weight is 557 g/mol. The molecule has 0 bridgehead atoms. The highest BCUT2D eigenvalue weighted by atomic mass is 14.8. The van der Waals surface area contributed by atoms with Crippen molar-refractivity contribution in [3.63, 3.8) is 0 Å². The van der Waals surface area contributed by atoms with Crippen molar-refractivity contribution in [3.8, 4) is 0 Å². The van der Waals surface area contributed by atoms with E-state index in [0.29, 0.717) is 0 Å². The van der Waals surface area contributed by atoms with E-state index in [-0.39, 0.29) is 16.2 Å². The highest BCUT2D eigenvalue weighted by molar-refractivity contribution is 5.85. The van der Waals surface area contributed by atoms with Crippen molar-refractivity contribution in [2.75, 3.05) is 0 Å². The van der Waals surface area contributed by atoms with Crippen molar-refractivity contribution in [2.45, 2.75) is 78.6 Å². The monoisotopic (exact) mass is 556 g/mol. The normalized spacial score (nSPS) is 11.9. The van der Waals surface area contributed by atoms with Crippen molar-refractivity contribution >= 4 is 32.7 Å². The van der Waals surface area contributed by atoms with Gasteiger partial charge in [0.2, 0.25) is 0 Å². The number of rotatable bonds is 0. The van der Waals surface area contributed by atoms with Crippen molar-refractivity contribution in [1.29, 1.82) is 0 Å². The first-order chi connectivity index (χ1) is 19.8. The summed E-state index contributed by atoms with van der Waals surface area (Å²) in [4.78, 5) is 17.1. The van der Waals surface area contributed by atoms with Gasteiger partial charge >= 0.3 is 0 Å². The van der Waals surface area contributed by atoms with Crippen LogP contribution in [0.4, 0.5) is 0 Å². The standard InChI is InChI=1S/2C13H15N.C12H14N2/c1-13(2,3)12-9-14-8-10-6-4-5-7-11(10)12;1-13(2,3)11-8-9-14-12-7-5-4-6-10(11)12;1-12(2,3)10-6-8-14-11-9(10)5-4-7-13-11/h2*4-9H,1-3H3;4-8H,1-3H3. The van der Waals surface area contributed by atoms with E-state index in [2.05, 4.69) is 143 Å². The molecule has 0 aliphatic carbocycles. The van der Waals surface area contributed by atoms with Crippen LogP contribution in [0.5, 0.6) is 0 Å². The third-order valence-corrected chi connectivity index (χ3v) is 7.26. The second-order valence-corrected chi connectivity index (χ2v) is 13.8. The summed E-state index contributed by atoms with van der Waals surface area (Å²) < 4.78 is 0.